The molecule has 0 radical (unpaired) electrons. The first-order valence-electron chi connectivity index (χ1n) is 7.82. The molecule has 3 N–H and O–H groups in total. The van der Waals surface area contributed by atoms with E-state index in [9.17, 15) is 13.6 Å². The molecular weight excluding hydrogens is 304 g/mol. The fourth-order valence-electron chi connectivity index (χ4n) is 2.79. The highest BCUT2D eigenvalue weighted by atomic mass is 19.3. The Labute approximate surface area is 134 Å². The minimum Gasteiger partial charge on any atom is -0.435 e. The average Bonchev–Trinajstić information content (AvgIpc) is 2.54. The van der Waals surface area contributed by atoms with E-state index in [0.717, 1.165) is 24.9 Å². The Hall–Kier alpha value is -1.73. The first kappa shape index (κ1) is 17.6. The van der Waals surface area contributed by atoms with Crippen molar-refractivity contribution in [3.63, 3.8) is 0 Å². The Morgan fingerprint density at radius 1 is 1.39 bits per heavy atom. The van der Waals surface area contributed by atoms with Gasteiger partial charge in [-0.05, 0) is 37.1 Å². The fraction of sp³-hybridized carbons (Fsp3) is 0.562. The third-order valence-corrected chi connectivity index (χ3v) is 3.87. The summed E-state index contributed by atoms with van der Waals surface area (Å²) in [5.74, 6) is 0.194. The Kier molecular flexibility index (Phi) is 6.73. The number of hydrogen-bond acceptors (Lipinski definition) is 4. The van der Waals surface area contributed by atoms with E-state index in [4.69, 9.17) is 5.73 Å². The minimum absolute atomic E-state index is 0.0169. The van der Waals surface area contributed by atoms with Crippen LogP contribution >= 0.6 is 0 Å². The fourth-order valence-corrected chi connectivity index (χ4v) is 2.79. The number of carbonyl (C=O) groups excluding carboxylic acids is 1. The van der Waals surface area contributed by atoms with Gasteiger partial charge in [-0.25, -0.2) is 0 Å². The van der Waals surface area contributed by atoms with Crippen LogP contribution in [0, 0.1) is 5.92 Å². The molecule has 0 aromatic heterocycles. The summed E-state index contributed by atoms with van der Waals surface area (Å²) in [6.07, 6.45) is 1.85. The molecule has 1 aliphatic heterocycles. The lowest BCUT2D eigenvalue weighted by atomic mass is 9.96. The van der Waals surface area contributed by atoms with E-state index in [1.54, 1.807) is 12.1 Å². The Morgan fingerprint density at radius 3 is 2.78 bits per heavy atom. The molecule has 0 spiro atoms. The normalized spacial score (nSPS) is 18.9. The molecule has 1 aromatic rings. The van der Waals surface area contributed by atoms with Gasteiger partial charge < -0.3 is 15.8 Å². The van der Waals surface area contributed by atoms with Gasteiger partial charge in [-0.3, -0.25) is 9.69 Å². The second-order valence-electron chi connectivity index (χ2n) is 5.68. The maximum absolute atomic E-state index is 12.1. The van der Waals surface area contributed by atoms with Crippen LogP contribution in [0.3, 0.4) is 0 Å². The van der Waals surface area contributed by atoms with Crippen molar-refractivity contribution in [2.24, 2.45) is 11.7 Å². The molecule has 2 rings (SSSR count). The molecule has 1 atom stereocenters. The van der Waals surface area contributed by atoms with Gasteiger partial charge in [-0.15, -0.1) is 0 Å². The number of hydrogen-bond donors (Lipinski definition) is 2. The quantitative estimate of drug-likeness (QED) is 0.798. The highest BCUT2D eigenvalue weighted by Gasteiger charge is 2.25. The number of halogens is 2. The third kappa shape index (κ3) is 5.76. The van der Waals surface area contributed by atoms with Crippen LogP contribution in [-0.2, 0) is 11.3 Å². The molecule has 1 saturated heterocycles. The van der Waals surface area contributed by atoms with E-state index in [-0.39, 0.29) is 17.6 Å². The van der Waals surface area contributed by atoms with E-state index in [0.29, 0.717) is 26.2 Å². The summed E-state index contributed by atoms with van der Waals surface area (Å²) >= 11 is 0. The Balaban J connectivity index is 1.86. The van der Waals surface area contributed by atoms with Crippen LogP contribution in [0.25, 0.3) is 0 Å². The van der Waals surface area contributed by atoms with Gasteiger partial charge in [-0.1, -0.05) is 12.1 Å². The smallest absolute Gasteiger partial charge is 0.387 e. The first-order valence-corrected chi connectivity index (χ1v) is 7.82. The van der Waals surface area contributed by atoms with Crippen LogP contribution in [0.5, 0.6) is 5.75 Å². The van der Waals surface area contributed by atoms with Gasteiger partial charge in [0.25, 0.3) is 0 Å². The molecule has 1 aromatic carbocycles. The first-order chi connectivity index (χ1) is 11.1. The summed E-state index contributed by atoms with van der Waals surface area (Å²) in [7, 11) is 0. The van der Waals surface area contributed by atoms with Crippen molar-refractivity contribution in [1.29, 1.82) is 0 Å². The molecule has 1 aliphatic rings. The molecule has 23 heavy (non-hydrogen) atoms. The molecule has 7 heteroatoms. The van der Waals surface area contributed by atoms with Gasteiger partial charge in [0, 0.05) is 26.2 Å². The van der Waals surface area contributed by atoms with Crippen LogP contribution in [0.4, 0.5) is 8.78 Å². The summed E-state index contributed by atoms with van der Waals surface area (Å²) < 4.78 is 28.6. The van der Waals surface area contributed by atoms with Gasteiger partial charge in [0.15, 0.2) is 0 Å². The highest BCUT2D eigenvalue weighted by Crippen LogP contribution is 2.20. The maximum Gasteiger partial charge on any atom is 0.387 e. The van der Waals surface area contributed by atoms with Crippen molar-refractivity contribution in [1.82, 2.24) is 10.2 Å². The number of piperidine rings is 1. The van der Waals surface area contributed by atoms with Crippen molar-refractivity contribution >= 4 is 5.91 Å². The molecule has 0 bridgehead atoms. The number of nitrogens with two attached hydrogens (primary N) is 1. The number of carbonyl (C=O) groups is 1. The summed E-state index contributed by atoms with van der Waals surface area (Å²) in [4.78, 5) is 14.2. The van der Waals surface area contributed by atoms with Crippen LogP contribution < -0.4 is 15.8 Å². The second-order valence-corrected chi connectivity index (χ2v) is 5.68. The van der Waals surface area contributed by atoms with Crippen molar-refractivity contribution in [2.75, 3.05) is 26.2 Å². The van der Waals surface area contributed by atoms with Crippen molar-refractivity contribution in [3.05, 3.63) is 29.8 Å². The summed E-state index contributed by atoms with van der Waals surface area (Å²) in [6, 6.07) is 6.62. The lowest BCUT2D eigenvalue weighted by molar-refractivity contribution is -0.126. The van der Waals surface area contributed by atoms with E-state index in [1.807, 2.05) is 0 Å². The van der Waals surface area contributed by atoms with E-state index < -0.39 is 6.61 Å². The molecule has 1 unspecified atom stereocenters. The van der Waals surface area contributed by atoms with Crippen molar-refractivity contribution < 1.29 is 18.3 Å². The minimum atomic E-state index is -2.81. The molecule has 1 amide bonds. The summed E-state index contributed by atoms with van der Waals surface area (Å²) in [6.45, 7) is 0.448. The molecule has 128 valence electrons. The van der Waals surface area contributed by atoms with Gasteiger partial charge in [0.05, 0.1) is 5.92 Å². The van der Waals surface area contributed by atoms with Crippen LogP contribution in [0.15, 0.2) is 24.3 Å². The standard InChI is InChI=1S/C16H23F2N3O2/c17-16(18)23-14-5-3-12(4-6-14)10-21-9-1-2-13(11-21)15(22)20-8-7-19/h3-6,13,16H,1-2,7-11,19H2,(H,20,22). The maximum atomic E-state index is 12.1. The Morgan fingerprint density at radius 2 is 2.13 bits per heavy atom. The topological polar surface area (TPSA) is 67.6 Å². The number of rotatable bonds is 7. The summed E-state index contributed by atoms with van der Waals surface area (Å²) in [5.41, 5.74) is 6.40. The van der Waals surface area contributed by atoms with E-state index >= 15 is 0 Å². The molecule has 1 fully saturated rings. The van der Waals surface area contributed by atoms with Gasteiger partial charge >= 0.3 is 6.61 Å². The SMILES string of the molecule is NCCNC(=O)C1CCCN(Cc2ccc(OC(F)F)cc2)C1. The lowest BCUT2D eigenvalue weighted by Crippen LogP contribution is -2.43. The van der Waals surface area contributed by atoms with Gasteiger partial charge in [-0.2, -0.15) is 8.78 Å². The number of nitrogens with one attached hydrogen (secondary N) is 1. The molecule has 1 heterocycles. The molecule has 0 aliphatic carbocycles. The van der Waals surface area contributed by atoms with Crippen molar-refractivity contribution in [3.8, 4) is 5.75 Å². The van der Waals surface area contributed by atoms with Gasteiger partial charge in [0.2, 0.25) is 5.91 Å². The summed E-state index contributed by atoms with van der Waals surface area (Å²) in [5, 5.41) is 2.83. The zero-order valence-corrected chi connectivity index (χ0v) is 13.0. The molecular formula is C16H23F2N3O2. The predicted molar refractivity (Wildman–Crippen MR) is 83.1 cm³/mol. The molecule has 0 saturated carbocycles. The highest BCUT2D eigenvalue weighted by molar-refractivity contribution is 5.78. The van der Waals surface area contributed by atoms with Crippen LogP contribution in [-0.4, -0.2) is 43.6 Å². The lowest BCUT2D eigenvalue weighted by Gasteiger charge is -2.32. The third-order valence-electron chi connectivity index (χ3n) is 3.87. The van der Waals surface area contributed by atoms with Gasteiger partial charge in [0.1, 0.15) is 5.75 Å². The number of ether oxygens (including phenoxy) is 1. The predicted octanol–water partition coefficient (Wildman–Crippen LogP) is 1.57. The van der Waals surface area contributed by atoms with Crippen LogP contribution in [0.2, 0.25) is 0 Å². The van der Waals surface area contributed by atoms with Crippen LogP contribution in [0.1, 0.15) is 18.4 Å². The monoisotopic (exact) mass is 327 g/mol. The van der Waals surface area contributed by atoms with E-state index in [1.165, 1.54) is 12.1 Å². The number of benzene rings is 1. The average molecular weight is 327 g/mol. The zero-order chi connectivity index (χ0) is 16.7. The van der Waals surface area contributed by atoms with Crippen molar-refractivity contribution in [2.45, 2.75) is 26.0 Å². The molecule has 5 nitrogen and oxygen atoms in total. The second kappa shape index (κ2) is 8.79. The largest absolute Gasteiger partial charge is 0.435 e. The zero-order valence-electron chi connectivity index (χ0n) is 13.0. The number of likely N-dealkylation sites (tertiary alicyclic amines) is 1. The number of nitrogens with zero attached hydrogens (tertiary/aromatic N) is 1. The number of alkyl halides is 2. The van der Waals surface area contributed by atoms with E-state index in [2.05, 4.69) is 15.0 Å². The Bertz CT molecular complexity index is 497. The number of amides is 1.